The van der Waals surface area contributed by atoms with Crippen LogP contribution in [0.1, 0.15) is 24.0 Å². The molecule has 3 heteroatoms. The lowest BCUT2D eigenvalue weighted by atomic mass is 10.1. The summed E-state index contributed by atoms with van der Waals surface area (Å²) in [6.45, 7) is 3.22. The summed E-state index contributed by atoms with van der Waals surface area (Å²) >= 11 is 0. The van der Waals surface area contributed by atoms with Crippen molar-refractivity contribution in [1.82, 2.24) is 0 Å². The molecule has 1 saturated heterocycles. The summed E-state index contributed by atoms with van der Waals surface area (Å²) in [6, 6.07) is 16.6. The zero-order valence-corrected chi connectivity index (χ0v) is 12.3. The highest BCUT2D eigenvalue weighted by Gasteiger charge is 2.14. The molecular weight excluding hydrogens is 260 g/mol. The Morgan fingerprint density at radius 3 is 2.62 bits per heavy atom. The summed E-state index contributed by atoms with van der Waals surface area (Å²) in [7, 11) is 0. The number of hydrogen-bond donors (Lipinski definition) is 2. The number of para-hydroxylation sites is 1. The van der Waals surface area contributed by atoms with Gasteiger partial charge in [-0.05, 0) is 42.2 Å². The molecule has 2 aromatic carbocycles. The second-order valence-corrected chi connectivity index (χ2v) is 5.53. The van der Waals surface area contributed by atoms with Gasteiger partial charge in [-0.3, -0.25) is 0 Å². The second kappa shape index (κ2) is 6.64. The van der Waals surface area contributed by atoms with Gasteiger partial charge in [-0.25, -0.2) is 0 Å². The van der Waals surface area contributed by atoms with E-state index < -0.39 is 0 Å². The number of benzene rings is 2. The highest BCUT2D eigenvalue weighted by Crippen LogP contribution is 2.25. The van der Waals surface area contributed by atoms with Crippen molar-refractivity contribution in [3.63, 3.8) is 0 Å². The molecule has 3 nitrogen and oxygen atoms in total. The summed E-state index contributed by atoms with van der Waals surface area (Å²) in [4.78, 5) is 2.47. The van der Waals surface area contributed by atoms with Crippen molar-refractivity contribution in [1.29, 1.82) is 0 Å². The Kier molecular flexibility index (Phi) is 4.41. The van der Waals surface area contributed by atoms with E-state index in [4.69, 9.17) is 0 Å². The van der Waals surface area contributed by atoms with Crippen LogP contribution in [0.2, 0.25) is 0 Å². The van der Waals surface area contributed by atoms with E-state index in [1.54, 1.807) is 0 Å². The zero-order valence-electron chi connectivity index (χ0n) is 12.3. The molecule has 0 bridgehead atoms. The average molecular weight is 282 g/mol. The molecule has 0 aliphatic carbocycles. The van der Waals surface area contributed by atoms with E-state index in [-0.39, 0.29) is 6.61 Å². The van der Waals surface area contributed by atoms with Gasteiger partial charge in [-0.2, -0.15) is 0 Å². The number of aliphatic hydroxyl groups excluding tert-OH is 1. The molecule has 110 valence electrons. The summed E-state index contributed by atoms with van der Waals surface area (Å²) < 4.78 is 0. The van der Waals surface area contributed by atoms with Crippen LogP contribution < -0.4 is 10.2 Å². The SMILES string of the molecule is OCc1cccc(NCc2ccccc2N2CCCC2)c1. The van der Waals surface area contributed by atoms with Gasteiger partial charge in [0.15, 0.2) is 0 Å². The normalized spacial score (nSPS) is 14.4. The fourth-order valence-corrected chi connectivity index (χ4v) is 2.90. The van der Waals surface area contributed by atoms with E-state index in [1.165, 1.54) is 24.1 Å². The monoisotopic (exact) mass is 282 g/mol. The Morgan fingerprint density at radius 1 is 1.00 bits per heavy atom. The number of hydrogen-bond acceptors (Lipinski definition) is 3. The van der Waals surface area contributed by atoms with Crippen LogP contribution in [0, 0.1) is 0 Å². The van der Waals surface area contributed by atoms with Crippen LogP contribution in [-0.2, 0) is 13.2 Å². The molecule has 0 radical (unpaired) electrons. The first kappa shape index (κ1) is 14.0. The van der Waals surface area contributed by atoms with Crippen LogP contribution in [0.25, 0.3) is 0 Å². The lowest BCUT2D eigenvalue weighted by Gasteiger charge is -2.21. The number of nitrogens with one attached hydrogen (secondary N) is 1. The average Bonchev–Trinajstić information content (AvgIpc) is 3.08. The Balaban J connectivity index is 1.72. The minimum absolute atomic E-state index is 0.0832. The second-order valence-electron chi connectivity index (χ2n) is 5.53. The number of aliphatic hydroxyl groups is 1. The Labute approximate surface area is 126 Å². The molecule has 1 fully saturated rings. The van der Waals surface area contributed by atoms with Crippen LogP contribution in [0.15, 0.2) is 48.5 Å². The number of nitrogens with zero attached hydrogens (tertiary/aromatic N) is 1. The maximum Gasteiger partial charge on any atom is 0.0682 e. The molecule has 2 N–H and O–H groups in total. The molecule has 1 aliphatic heterocycles. The van der Waals surface area contributed by atoms with Gasteiger partial charge in [-0.1, -0.05) is 30.3 Å². The molecule has 0 atom stereocenters. The summed E-state index contributed by atoms with van der Waals surface area (Å²) in [5, 5.41) is 12.7. The highest BCUT2D eigenvalue weighted by atomic mass is 16.3. The largest absolute Gasteiger partial charge is 0.392 e. The summed E-state index contributed by atoms with van der Waals surface area (Å²) in [5.74, 6) is 0. The van der Waals surface area contributed by atoms with Crippen molar-refractivity contribution in [3.05, 3.63) is 59.7 Å². The van der Waals surface area contributed by atoms with E-state index in [2.05, 4.69) is 34.5 Å². The first-order valence-electron chi connectivity index (χ1n) is 7.63. The van der Waals surface area contributed by atoms with Gasteiger partial charge in [0.1, 0.15) is 0 Å². The highest BCUT2D eigenvalue weighted by molar-refractivity contribution is 5.56. The van der Waals surface area contributed by atoms with Crippen LogP contribution in [0.4, 0.5) is 11.4 Å². The van der Waals surface area contributed by atoms with Crippen molar-refractivity contribution in [2.24, 2.45) is 0 Å². The van der Waals surface area contributed by atoms with Crippen LogP contribution >= 0.6 is 0 Å². The van der Waals surface area contributed by atoms with Crippen LogP contribution in [0.5, 0.6) is 0 Å². The lowest BCUT2D eigenvalue weighted by molar-refractivity contribution is 0.282. The van der Waals surface area contributed by atoms with E-state index in [0.29, 0.717) is 0 Å². The predicted octanol–water partition coefficient (Wildman–Crippen LogP) is 3.39. The van der Waals surface area contributed by atoms with Gasteiger partial charge >= 0.3 is 0 Å². The maximum atomic E-state index is 9.20. The molecule has 3 rings (SSSR count). The van der Waals surface area contributed by atoms with E-state index in [1.807, 2.05) is 24.3 Å². The molecule has 2 aromatic rings. The van der Waals surface area contributed by atoms with Crippen molar-refractivity contribution in [2.75, 3.05) is 23.3 Å². The van der Waals surface area contributed by atoms with Crippen molar-refractivity contribution in [3.8, 4) is 0 Å². The molecule has 21 heavy (non-hydrogen) atoms. The van der Waals surface area contributed by atoms with Gasteiger partial charge in [0.2, 0.25) is 0 Å². The van der Waals surface area contributed by atoms with Crippen LogP contribution in [-0.4, -0.2) is 18.2 Å². The number of anilines is 2. The van der Waals surface area contributed by atoms with E-state index in [0.717, 1.165) is 30.9 Å². The molecule has 1 heterocycles. The minimum Gasteiger partial charge on any atom is -0.392 e. The standard InChI is InChI=1S/C18H22N2O/c21-14-15-6-5-8-17(12-15)19-13-16-7-1-2-9-18(16)20-10-3-4-11-20/h1-2,5-9,12,19,21H,3-4,10-11,13-14H2. The minimum atomic E-state index is 0.0832. The Hall–Kier alpha value is -2.00. The van der Waals surface area contributed by atoms with Crippen molar-refractivity contribution >= 4 is 11.4 Å². The van der Waals surface area contributed by atoms with E-state index >= 15 is 0 Å². The van der Waals surface area contributed by atoms with Gasteiger partial charge in [0.05, 0.1) is 6.61 Å². The predicted molar refractivity (Wildman–Crippen MR) is 87.6 cm³/mol. The van der Waals surface area contributed by atoms with Crippen molar-refractivity contribution < 1.29 is 5.11 Å². The Morgan fingerprint density at radius 2 is 1.81 bits per heavy atom. The number of rotatable bonds is 5. The first-order valence-corrected chi connectivity index (χ1v) is 7.63. The smallest absolute Gasteiger partial charge is 0.0682 e. The fourth-order valence-electron chi connectivity index (χ4n) is 2.90. The third-order valence-corrected chi connectivity index (χ3v) is 4.03. The topological polar surface area (TPSA) is 35.5 Å². The van der Waals surface area contributed by atoms with Gasteiger partial charge in [0, 0.05) is 31.0 Å². The van der Waals surface area contributed by atoms with Crippen LogP contribution in [0.3, 0.4) is 0 Å². The Bertz CT molecular complexity index is 591. The molecule has 0 saturated carbocycles. The quantitative estimate of drug-likeness (QED) is 0.882. The van der Waals surface area contributed by atoms with Gasteiger partial charge < -0.3 is 15.3 Å². The first-order chi connectivity index (χ1) is 10.4. The molecule has 0 unspecified atom stereocenters. The molecule has 0 spiro atoms. The molecule has 0 aromatic heterocycles. The third kappa shape index (κ3) is 3.37. The maximum absolute atomic E-state index is 9.20. The summed E-state index contributed by atoms with van der Waals surface area (Å²) in [6.07, 6.45) is 2.58. The van der Waals surface area contributed by atoms with Crippen molar-refractivity contribution in [2.45, 2.75) is 26.0 Å². The lowest BCUT2D eigenvalue weighted by Crippen LogP contribution is -2.19. The fraction of sp³-hybridized carbons (Fsp3) is 0.333. The molecule has 0 amide bonds. The van der Waals surface area contributed by atoms with Gasteiger partial charge in [-0.15, -0.1) is 0 Å². The zero-order chi connectivity index (χ0) is 14.5. The molecular formula is C18H22N2O. The molecule has 1 aliphatic rings. The third-order valence-electron chi connectivity index (χ3n) is 4.03. The van der Waals surface area contributed by atoms with E-state index in [9.17, 15) is 5.11 Å². The summed E-state index contributed by atoms with van der Waals surface area (Å²) in [5.41, 5.74) is 4.67. The van der Waals surface area contributed by atoms with Gasteiger partial charge in [0.25, 0.3) is 0 Å².